The Bertz CT molecular complexity index is 1050. The highest BCUT2D eigenvalue weighted by molar-refractivity contribution is 7.12. The van der Waals surface area contributed by atoms with E-state index in [4.69, 9.17) is 0 Å². The number of benzene rings is 1. The van der Waals surface area contributed by atoms with Gasteiger partial charge in [-0.25, -0.2) is 13.8 Å². The summed E-state index contributed by atoms with van der Waals surface area (Å²) >= 11 is 1.51. The first kappa shape index (κ1) is 19.7. The molecule has 3 heterocycles. The molecule has 5 nitrogen and oxygen atoms in total. The largest absolute Gasteiger partial charge is 0.347 e. The van der Waals surface area contributed by atoms with Gasteiger partial charge in [0.15, 0.2) is 16.8 Å². The van der Waals surface area contributed by atoms with E-state index in [2.05, 4.69) is 15.2 Å². The molecular weight excluding hydrogens is 394 g/mol. The minimum atomic E-state index is -0.875. The second-order valence-corrected chi connectivity index (χ2v) is 8.28. The Labute approximate surface area is 172 Å². The number of carbonyl (C=O) groups is 1. The maximum absolute atomic E-state index is 13.8. The molecule has 1 fully saturated rings. The fraction of sp³-hybridized carbons (Fsp3) is 0.333. The quantitative estimate of drug-likeness (QED) is 0.699. The average Bonchev–Trinajstić information content (AvgIpc) is 3.38. The number of carbonyl (C=O) groups excluding carboxylic acids is 1. The first-order valence-corrected chi connectivity index (χ1v) is 10.3. The average molecular weight is 416 g/mol. The summed E-state index contributed by atoms with van der Waals surface area (Å²) in [4.78, 5) is 19.5. The number of hydrogen-bond donors (Lipinski definition) is 1. The summed E-state index contributed by atoms with van der Waals surface area (Å²) in [5.41, 5.74) is 3.01. The molecule has 2 aromatic heterocycles. The van der Waals surface area contributed by atoms with Crippen molar-refractivity contribution in [2.75, 3.05) is 13.6 Å². The summed E-state index contributed by atoms with van der Waals surface area (Å²) in [5.74, 6) is -1.92. The Kier molecular flexibility index (Phi) is 5.23. The van der Waals surface area contributed by atoms with Crippen LogP contribution < -0.4 is 5.32 Å². The number of nitrogens with one attached hydrogen (secondary N) is 1. The predicted molar refractivity (Wildman–Crippen MR) is 109 cm³/mol. The van der Waals surface area contributed by atoms with E-state index in [0.717, 1.165) is 35.6 Å². The summed E-state index contributed by atoms with van der Waals surface area (Å²) in [6.07, 6.45) is 2.47. The molecule has 0 aliphatic carbocycles. The van der Waals surface area contributed by atoms with E-state index in [-0.39, 0.29) is 18.0 Å². The van der Waals surface area contributed by atoms with Gasteiger partial charge in [0.2, 0.25) is 0 Å². The first-order chi connectivity index (χ1) is 13.9. The van der Waals surface area contributed by atoms with Crippen LogP contribution in [0.15, 0.2) is 35.8 Å². The van der Waals surface area contributed by atoms with Gasteiger partial charge in [0, 0.05) is 29.5 Å². The number of thiazole rings is 1. The zero-order valence-corrected chi connectivity index (χ0v) is 17.3. The second-order valence-electron chi connectivity index (χ2n) is 7.40. The van der Waals surface area contributed by atoms with Crippen LogP contribution in [0.2, 0.25) is 0 Å². The van der Waals surface area contributed by atoms with Crippen LogP contribution in [0.5, 0.6) is 0 Å². The third-order valence-electron chi connectivity index (χ3n) is 5.54. The molecule has 1 amide bonds. The van der Waals surface area contributed by atoms with E-state index in [1.807, 2.05) is 36.9 Å². The van der Waals surface area contributed by atoms with Crippen LogP contribution in [-0.2, 0) is 0 Å². The normalized spacial score (nSPS) is 19.6. The zero-order valence-electron chi connectivity index (χ0n) is 16.4. The molecule has 29 heavy (non-hydrogen) atoms. The molecule has 1 saturated heterocycles. The summed E-state index contributed by atoms with van der Waals surface area (Å²) < 4.78 is 29.1. The molecular formula is C21H22F2N4OS. The standard InChI is InChI=1S/C21H22F2N4OS/c1-12-10-15(13(2)27(12)21-24-7-9-29-21)20(28)25-18-6-8-26(3)19(18)14-4-5-16(22)17(23)11-14/h4-5,7,9-11,18-19H,6,8H2,1-3H3,(H,25,28)/t18-,19-/m1/s1. The maximum Gasteiger partial charge on any atom is 0.253 e. The third-order valence-corrected chi connectivity index (χ3v) is 6.29. The molecule has 0 radical (unpaired) electrons. The van der Waals surface area contributed by atoms with E-state index >= 15 is 0 Å². The molecule has 1 aliphatic rings. The van der Waals surface area contributed by atoms with E-state index < -0.39 is 11.6 Å². The Morgan fingerprint density at radius 3 is 2.72 bits per heavy atom. The van der Waals surface area contributed by atoms with Gasteiger partial charge in [-0.05, 0) is 51.1 Å². The Hall–Kier alpha value is -2.58. The highest BCUT2D eigenvalue weighted by atomic mass is 32.1. The van der Waals surface area contributed by atoms with Crippen molar-refractivity contribution >= 4 is 17.2 Å². The van der Waals surface area contributed by atoms with Gasteiger partial charge in [-0.15, -0.1) is 11.3 Å². The van der Waals surface area contributed by atoms with Gasteiger partial charge in [-0.3, -0.25) is 14.3 Å². The topological polar surface area (TPSA) is 50.2 Å². The fourth-order valence-electron chi connectivity index (χ4n) is 4.14. The zero-order chi connectivity index (χ0) is 20.7. The molecule has 8 heteroatoms. The Morgan fingerprint density at radius 2 is 2.03 bits per heavy atom. The smallest absolute Gasteiger partial charge is 0.253 e. The van der Waals surface area contributed by atoms with E-state index in [1.165, 1.54) is 17.4 Å². The highest BCUT2D eigenvalue weighted by Crippen LogP contribution is 2.32. The van der Waals surface area contributed by atoms with Crippen LogP contribution in [0.1, 0.15) is 39.8 Å². The van der Waals surface area contributed by atoms with Gasteiger partial charge in [0.25, 0.3) is 5.91 Å². The van der Waals surface area contributed by atoms with Crippen molar-refractivity contribution < 1.29 is 13.6 Å². The molecule has 0 spiro atoms. The molecule has 2 atom stereocenters. The third kappa shape index (κ3) is 3.58. The van der Waals surface area contributed by atoms with E-state index in [0.29, 0.717) is 11.1 Å². The number of aromatic nitrogens is 2. The van der Waals surface area contributed by atoms with Crippen LogP contribution >= 0.6 is 11.3 Å². The molecule has 3 aromatic rings. The van der Waals surface area contributed by atoms with Gasteiger partial charge in [0.1, 0.15) is 0 Å². The number of halogens is 2. The van der Waals surface area contributed by atoms with Gasteiger partial charge >= 0.3 is 0 Å². The lowest BCUT2D eigenvalue weighted by atomic mass is 9.99. The van der Waals surface area contributed by atoms with Crippen LogP contribution in [0.4, 0.5) is 8.78 Å². The number of nitrogens with zero attached hydrogens (tertiary/aromatic N) is 3. The van der Waals surface area contributed by atoms with Gasteiger partial charge in [0.05, 0.1) is 17.6 Å². The minimum Gasteiger partial charge on any atom is -0.347 e. The lowest BCUT2D eigenvalue weighted by Gasteiger charge is -2.26. The fourth-order valence-corrected chi connectivity index (χ4v) is 4.89. The van der Waals surface area contributed by atoms with Gasteiger partial charge in [-0.1, -0.05) is 6.07 Å². The number of amides is 1. The summed E-state index contributed by atoms with van der Waals surface area (Å²) in [7, 11) is 1.92. The molecule has 1 N–H and O–H groups in total. The second kappa shape index (κ2) is 7.68. The summed E-state index contributed by atoms with van der Waals surface area (Å²) in [6.45, 7) is 4.60. The van der Waals surface area contributed by atoms with Crippen molar-refractivity contribution in [3.63, 3.8) is 0 Å². The van der Waals surface area contributed by atoms with E-state index in [9.17, 15) is 13.6 Å². The molecule has 0 saturated carbocycles. The van der Waals surface area contributed by atoms with Crippen molar-refractivity contribution in [3.05, 3.63) is 70.0 Å². The molecule has 152 valence electrons. The Balaban J connectivity index is 1.59. The number of hydrogen-bond acceptors (Lipinski definition) is 4. The van der Waals surface area contributed by atoms with Crippen LogP contribution in [0, 0.1) is 25.5 Å². The minimum absolute atomic E-state index is 0.172. The molecule has 0 unspecified atom stereocenters. The summed E-state index contributed by atoms with van der Waals surface area (Å²) in [6, 6.07) is 5.39. The van der Waals surface area contributed by atoms with Gasteiger partial charge < -0.3 is 5.32 Å². The van der Waals surface area contributed by atoms with Crippen molar-refractivity contribution in [1.82, 2.24) is 19.8 Å². The van der Waals surface area contributed by atoms with Crippen molar-refractivity contribution in [2.45, 2.75) is 32.4 Å². The predicted octanol–water partition coefficient (Wildman–Crippen LogP) is 4.00. The Morgan fingerprint density at radius 1 is 1.24 bits per heavy atom. The maximum atomic E-state index is 13.8. The van der Waals surface area contributed by atoms with Crippen LogP contribution in [0.3, 0.4) is 0 Å². The number of rotatable bonds is 4. The van der Waals surface area contributed by atoms with E-state index in [1.54, 1.807) is 12.3 Å². The lowest BCUT2D eigenvalue weighted by molar-refractivity contribution is 0.0927. The molecule has 1 aromatic carbocycles. The number of likely N-dealkylation sites (tertiary alicyclic amines) is 1. The van der Waals surface area contributed by atoms with Crippen molar-refractivity contribution in [3.8, 4) is 5.13 Å². The summed E-state index contributed by atoms with van der Waals surface area (Å²) in [5, 5.41) is 5.82. The van der Waals surface area contributed by atoms with Crippen LogP contribution in [0.25, 0.3) is 5.13 Å². The molecule has 4 rings (SSSR count). The number of aryl methyl sites for hydroxylation is 1. The van der Waals surface area contributed by atoms with Crippen molar-refractivity contribution in [1.29, 1.82) is 0 Å². The SMILES string of the molecule is Cc1cc(C(=O)N[C@@H]2CCN(C)[C@@H]2c2ccc(F)c(F)c2)c(C)n1-c1nccs1. The highest BCUT2D eigenvalue weighted by Gasteiger charge is 2.35. The van der Waals surface area contributed by atoms with Gasteiger partial charge in [-0.2, -0.15) is 0 Å². The lowest BCUT2D eigenvalue weighted by Crippen LogP contribution is -2.39. The monoisotopic (exact) mass is 416 g/mol. The molecule has 1 aliphatic heterocycles. The van der Waals surface area contributed by atoms with Crippen LogP contribution in [-0.4, -0.2) is 40.0 Å². The first-order valence-electron chi connectivity index (χ1n) is 9.41. The number of likely N-dealkylation sites (N-methyl/N-ethyl adjacent to an activating group) is 1. The van der Waals surface area contributed by atoms with Crippen molar-refractivity contribution in [2.24, 2.45) is 0 Å². The molecule has 0 bridgehead atoms.